The SMILES string of the molecule is Cc1nc(CN(C)C(=O)CC(C)(C(=O)O)C(C)C)n[nH]1. The normalized spacial score (nSPS) is 14.1. The summed E-state index contributed by atoms with van der Waals surface area (Å²) in [5.41, 5.74) is -1.07. The Hall–Kier alpha value is -1.92. The predicted molar refractivity (Wildman–Crippen MR) is 72.8 cm³/mol. The van der Waals surface area contributed by atoms with E-state index in [1.165, 1.54) is 4.90 Å². The lowest BCUT2D eigenvalue weighted by Crippen LogP contribution is -2.39. The number of H-pyrrole nitrogens is 1. The van der Waals surface area contributed by atoms with Crippen LogP contribution in [0, 0.1) is 18.3 Å². The van der Waals surface area contributed by atoms with Crippen molar-refractivity contribution in [3.8, 4) is 0 Å². The highest BCUT2D eigenvalue weighted by atomic mass is 16.4. The van der Waals surface area contributed by atoms with E-state index < -0.39 is 11.4 Å². The second kappa shape index (κ2) is 6.02. The fourth-order valence-electron chi connectivity index (χ4n) is 1.74. The number of amides is 1. The molecule has 2 N–H and O–H groups in total. The van der Waals surface area contributed by atoms with Crippen molar-refractivity contribution >= 4 is 11.9 Å². The highest BCUT2D eigenvalue weighted by Gasteiger charge is 2.39. The molecule has 0 aliphatic rings. The fraction of sp³-hybridized carbons (Fsp3) is 0.692. The molecule has 1 rings (SSSR count). The first kappa shape index (κ1) is 16.1. The van der Waals surface area contributed by atoms with Crippen LogP contribution >= 0.6 is 0 Å². The van der Waals surface area contributed by atoms with Gasteiger partial charge in [0.15, 0.2) is 5.82 Å². The molecule has 0 saturated carbocycles. The average Bonchev–Trinajstić information content (AvgIpc) is 2.73. The minimum absolute atomic E-state index is 0.0418. The second-order valence-electron chi connectivity index (χ2n) is 5.64. The first-order chi connectivity index (χ1) is 9.16. The maximum absolute atomic E-state index is 12.2. The second-order valence-corrected chi connectivity index (χ2v) is 5.64. The lowest BCUT2D eigenvalue weighted by atomic mass is 9.76. The van der Waals surface area contributed by atoms with E-state index in [-0.39, 0.29) is 24.8 Å². The van der Waals surface area contributed by atoms with E-state index in [0.717, 1.165) is 0 Å². The molecule has 20 heavy (non-hydrogen) atoms. The van der Waals surface area contributed by atoms with E-state index in [9.17, 15) is 14.7 Å². The Morgan fingerprint density at radius 3 is 2.45 bits per heavy atom. The van der Waals surface area contributed by atoms with Crippen LogP contribution in [0.15, 0.2) is 0 Å². The molecule has 0 aliphatic carbocycles. The van der Waals surface area contributed by atoms with Crippen LogP contribution in [-0.4, -0.2) is 44.1 Å². The van der Waals surface area contributed by atoms with Gasteiger partial charge in [0.1, 0.15) is 5.82 Å². The number of hydrogen-bond donors (Lipinski definition) is 2. The van der Waals surface area contributed by atoms with Gasteiger partial charge in [-0.2, -0.15) is 5.10 Å². The number of rotatable bonds is 6. The quantitative estimate of drug-likeness (QED) is 0.817. The molecule has 1 atom stereocenters. The Balaban J connectivity index is 2.72. The molecule has 0 aromatic carbocycles. The average molecular weight is 282 g/mol. The van der Waals surface area contributed by atoms with Crippen LogP contribution in [0.3, 0.4) is 0 Å². The number of aromatic amines is 1. The van der Waals surface area contributed by atoms with Gasteiger partial charge in [0.05, 0.1) is 12.0 Å². The number of carboxylic acid groups (broad SMARTS) is 1. The van der Waals surface area contributed by atoms with Gasteiger partial charge in [0.2, 0.25) is 5.91 Å². The fourth-order valence-corrected chi connectivity index (χ4v) is 1.74. The zero-order valence-electron chi connectivity index (χ0n) is 12.6. The minimum Gasteiger partial charge on any atom is -0.481 e. The van der Waals surface area contributed by atoms with Gasteiger partial charge in [-0.25, -0.2) is 4.98 Å². The summed E-state index contributed by atoms with van der Waals surface area (Å²) in [5.74, 6) is -0.129. The van der Waals surface area contributed by atoms with Crippen molar-refractivity contribution in [2.24, 2.45) is 11.3 Å². The summed E-state index contributed by atoms with van der Waals surface area (Å²) in [6.07, 6.45) is -0.0418. The Bertz CT molecular complexity index is 498. The van der Waals surface area contributed by atoms with E-state index in [1.54, 1.807) is 34.7 Å². The molecular weight excluding hydrogens is 260 g/mol. The largest absolute Gasteiger partial charge is 0.481 e. The number of nitrogens with one attached hydrogen (secondary N) is 1. The van der Waals surface area contributed by atoms with Crippen LogP contribution in [0.1, 0.15) is 38.8 Å². The number of carbonyl (C=O) groups excluding carboxylic acids is 1. The van der Waals surface area contributed by atoms with Crippen molar-refractivity contribution in [1.29, 1.82) is 0 Å². The molecule has 112 valence electrons. The summed E-state index contributed by atoms with van der Waals surface area (Å²) in [4.78, 5) is 29.1. The van der Waals surface area contributed by atoms with Crippen LogP contribution in [-0.2, 0) is 16.1 Å². The molecule has 0 bridgehead atoms. The number of aliphatic carboxylic acids is 1. The van der Waals surface area contributed by atoms with Gasteiger partial charge in [-0.3, -0.25) is 14.7 Å². The first-order valence-electron chi connectivity index (χ1n) is 6.52. The molecule has 7 nitrogen and oxygen atoms in total. The third-order valence-electron chi connectivity index (χ3n) is 3.73. The number of carboxylic acids is 1. The monoisotopic (exact) mass is 282 g/mol. The molecule has 1 amide bonds. The molecular formula is C13H22N4O3. The molecule has 0 spiro atoms. The first-order valence-corrected chi connectivity index (χ1v) is 6.52. The van der Waals surface area contributed by atoms with E-state index in [4.69, 9.17) is 0 Å². The Labute approximate surface area is 118 Å². The lowest BCUT2D eigenvalue weighted by molar-refractivity contribution is -0.155. The summed E-state index contributed by atoms with van der Waals surface area (Å²) >= 11 is 0. The minimum atomic E-state index is -1.07. The molecule has 0 saturated heterocycles. The summed E-state index contributed by atoms with van der Waals surface area (Å²) in [6.45, 7) is 7.25. The third-order valence-corrected chi connectivity index (χ3v) is 3.73. The number of hydrogen-bond acceptors (Lipinski definition) is 4. The molecule has 1 aromatic heterocycles. The van der Waals surface area contributed by atoms with Crippen LogP contribution in [0.5, 0.6) is 0 Å². The van der Waals surface area contributed by atoms with E-state index >= 15 is 0 Å². The Morgan fingerprint density at radius 2 is 2.05 bits per heavy atom. The summed E-state index contributed by atoms with van der Waals surface area (Å²) in [7, 11) is 1.62. The topological polar surface area (TPSA) is 99.2 Å². The maximum atomic E-state index is 12.2. The number of carbonyl (C=O) groups is 2. The van der Waals surface area contributed by atoms with E-state index in [1.807, 2.05) is 0 Å². The number of aryl methyl sites for hydroxylation is 1. The highest BCUT2D eigenvalue weighted by Crippen LogP contribution is 2.32. The van der Waals surface area contributed by atoms with Gasteiger partial charge in [-0.1, -0.05) is 13.8 Å². The summed E-state index contributed by atoms with van der Waals surface area (Å²) in [6, 6.07) is 0. The van der Waals surface area contributed by atoms with Gasteiger partial charge >= 0.3 is 5.97 Å². The van der Waals surface area contributed by atoms with E-state index in [0.29, 0.717) is 11.6 Å². The lowest BCUT2D eigenvalue weighted by Gasteiger charge is -2.30. The molecule has 1 aromatic rings. The molecule has 0 aliphatic heterocycles. The zero-order valence-corrected chi connectivity index (χ0v) is 12.6. The van der Waals surface area contributed by atoms with E-state index in [2.05, 4.69) is 15.2 Å². The van der Waals surface area contributed by atoms with Crippen molar-refractivity contribution < 1.29 is 14.7 Å². The van der Waals surface area contributed by atoms with Crippen LogP contribution in [0.4, 0.5) is 0 Å². The predicted octanol–water partition coefficient (Wildman–Crippen LogP) is 1.21. The van der Waals surface area contributed by atoms with Crippen molar-refractivity contribution in [3.63, 3.8) is 0 Å². The van der Waals surface area contributed by atoms with Gasteiger partial charge in [-0.05, 0) is 19.8 Å². The Kier molecular flexibility index (Phi) is 4.86. The van der Waals surface area contributed by atoms with Crippen LogP contribution in [0.2, 0.25) is 0 Å². The van der Waals surface area contributed by atoms with Gasteiger partial charge in [0.25, 0.3) is 0 Å². The highest BCUT2D eigenvalue weighted by molar-refractivity contribution is 5.84. The molecule has 1 heterocycles. The van der Waals surface area contributed by atoms with Gasteiger partial charge in [0, 0.05) is 13.5 Å². The molecule has 0 radical (unpaired) electrons. The molecule has 1 unspecified atom stereocenters. The summed E-state index contributed by atoms with van der Waals surface area (Å²) in [5, 5.41) is 16.0. The summed E-state index contributed by atoms with van der Waals surface area (Å²) < 4.78 is 0. The maximum Gasteiger partial charge on any atom is 0.310 e. The zero-order chi connectivity index (χ0) is 15.5. The molecule has 7 heteroatoms. The van der Waals surface area contributed by atoms with Gasteiger partial charge < -0.3 is 10.0 Å². The van der Waals surface area contributed by atoms with Crippen molar-refractivity contribution in [3.05, 3.63) is 11.6 Å². The smallest absolute Gasteiger partial charge is 0.310 e. The van der Waals surface area contributed by atoms with Gasteiger partial charge in [-0.15, -0.1) is 0 Å². The molecule has 0 fully saturated rings. The van der Waals surface area contributed by atoms with Crippen molar-refractivity contribution in [1.82, 2.24) is 20.1 Å². The van der Waals surface area contributed by atoms with Crippen molar-refractivity contribution in [2.75, 3.05) is 7.05 Å². The third kappa shape index (κ3) is 3.55. The van der Waals surface area contributed by atoms with Crippen LogP contribution in [0.25, 0.3) is 0 Å². The standard InChI is InChI=1S/C13H22N4O3/c1-8(2)13(4,12(19)20)6-11(18)17(5)7-10-14-9(3)15-16-10/h8H,6-7H2,1-5H3,(H,19,20)(H,14,15,16). The number of aromatic nitrogens is 3. The van der Waals surface area contributed by atoms with Crippen molar-refractivity contribution in [2.45, 2.75) is 40.7 Å². The Morgan fingerprint density at radius 1 is 1.45 bits per heavy atom. The van der Waals surface area contributed by atoms with Crippen LogP contribution < -0.4 is 0 Å². The number of nitrogens with zero attached hydrogens (tertiary/aromatic N) is 3.